The van der Waals surface area contributed by atoms with E-state index in [2.05, 4.69) is 26.9 Å². The first kappa shape index (κ1) is 18.8. The molecule has 0 heterocycles. The van der Waals surface area contributed by atoms with E-state index in [4.69, 9.17) is 11.2 Å². The molecule has 134 valence electrons. The second kappa shape index (κ2) is 10.4. The van der Waals surface area contributed by atoms with Crippen molar-refractivity contribution in [1.82, 2.24) is 10.6 Å². The summed E-state index contributed by atoms with van der Waals surface area (Å²) in [5.41, 5.74) is 1.41. The second-order valence-electron chi connectivity index (χ2n) is 6.00. The van der Waals surface area contributed by atoms with Crippen molar-refractivity contribution in [3.63, 3.8) is 0 Å². The van der Waals surface area contributed by atoms with Gasteiger partial charge in [-0.2, -0.15) is 0 Å². The molecule has 0 unspecified atom stereocenters. The molecule has 1 amide bonds. The molecule has 1 aliphatic carbocycles. The summed E-state index contributed by atoms with van der Waals surface area (Å²) in [5, 5.41) is 8.94. The van der Waals surface area contributed by atoms with Crippen molar-refractivity contribution in [2.45, 2.75) is 19.3 Å². The zero-order valence-electron chi connectivity index (χ0n) is 14.7. The Morgan fingerprint density at radius 3 is 2.96 bits per heavy atom. The first-order valence-corrected chi connectivity index (χ1v) is 8.60. The summed E-state index contributed by atoms with van der Waals surface area (Å²) in [4.78, 5) is 16.1. The van der Waals surface area contributed by atoms with E-state index in [1.807, 2.05) is 12.1 Å². The number of nitrogens with one attached hydrogen (secondary N) is 3. The van der Waals surface area contributed by atoms with Crippen molar-refractivity contribution in [2.24, 2.45) is 10.9 Å². The highest BCUT2D eigenvalue weighted by atomic mass is 16.5. The largest absolute Gasteiger partial charge is 0.381 e. The van der Waals surface area contributed by atoms with Gasteiger partial charge in [-0.25, -0.2) is 0 Å². The van der Waals surface area contributed by atoms with Crippen molar-refractivity contribution in [3.05, 3.63) is 29.8 Å². The summed E-state index contributed by atoms with van der Waals surface area (Å²) < 4.78 is 5.58. The second-order valence-corrected chi connectivity index (χ2v) is 6.00. The van der Waals surface area contributed by atoms with E-state index in [0.717, 1.165) is 37.7 Å². The van der Waals surface area contributed by atoms with Crippen LogP contribution in [0.25, 0.3) is 0 Å². The Bertz CT molecular complexity index is 633. The van der Waals surface area contributed by atoms with Crippen LogP contribution in [-0.2, 0) is 9.53 Å². The molecule has 0 bridgehead atoms. The Morgan fingerprint density at radius 2 is 2.24 bits per heavy atom. The smallest absolute Gasteiger partial charge is 0.243 e. The van der Waals surface area contributed by atoms with Crippen LogP contribution in [0.5, 0.6) is 0 Å². The predicted molar refractivity (Wildman–Crippen MR) is 101 cm³/mol. The Balaban J connectivity index is 1.60. The van der Waals surface area contributed by atoms with Gasteiger partial charge in [-0.1, -0.05) is 12.0 Å². The van der Waals surface area contributed by atoms with Gasteiger partial charge in [-0.05, 0) is 43.4 Å². The number of carbonyl (C=O) groups excluding carboxylic acids is 1. The maximum Gasteiger partial charge on any atom is 0.243 e. The number of rotatable bonds is 9. The molecule has 0 aliphatic heterocycles. The van der Waals surface area contributed by atoms with E-state index in [1.54, 1.807) is 19.2 Å². The summed E-state index contributed by atoms with van der Waals surface area (Å²) in [6, 6.07) is 7.18. The number of amides is 1. The molecule has 0 atom stereocenters. The lowest BCUT2D eigenvalue weighted by Gasteiger charge is -2.12. The van der Waals surface area contributed by atoms with Crippen LogP contribution >= 0.6 is 0 Å². The highest BCUT2D eigenvalue weighted by Gasteiger charge is 2.20. The van der Waals surface area contributed by atoms with Crippen molar-refractivity contribution < 1.29 is 9.53 Å². The van der Waals surface area contributed by atoms with Crippen LogP contribution in [0.15, 0.2) is 29.3 Å². The lowest BCUT2D eigenvalue weighted by atomic mass is 10.2. The molecule has 1 saturated carbocycles. The Labute approximate surface area is 149 Å². The highest BCUT2D eigenvalue weighted by Crippen LogP contribution is 2.28. The summed E-state index contributed by atoms with van der Waals surface area (Å²) in [7, 11) is 1.67. The summed E-state index contributed by atoms with van der Waals surface area (Å²) in [6.45, 7) is 2.49. The minimum atomic E-state index is -0.162. The zero-order valence-corrected chi connectivity index (χ0v) is 14.7. The lowest BCUT2D eigenvalue weighted by molar-refractivity contribution is -0.115. The Morgan fingerprint density at radius 1 is 1.40 bits per heavy atom. The van der Waals surface area contributed by atoms with E-state index >= 15 is 0 Å². The van der Waals surface area contributed by atoms with Gasteiger partial charge in [-0.15, -0.1) is 6.42 Å². The molecule has 1 aromatic rings. The van der Waals surface area contributed by atoms with Crippen molar-refractivity contribution in [2.75, 3.05) is 38.7 Å². The first-order valence-electron chi connectivity index (χ1n) is 8.60. The fourth-order valence-electron chi connectivity index (χ4n) is 2.19. The average molecular weight is 342 g/mol. The molecular formula is C19H26N4O2. The third kappa shape index (κ3) is 7.73. The average Bonchev–Trinajstić information content (AvgIpc) is 3.45. The highest BCUT2D eigenvalue weighted by molar-refractivity contribution is 5.95. The molecule has 0 aromatic heterocycles. The van der Waals surface area contributed by atoms with Crippen LogP contribution in [0.2, 0.25) is 0 Å². The standard InChI is InChI=1S/C19H26N4O2/c1-3-15-6-4-7-17(12-15)23-18(24)13-22-19(20-2)21-10-5-11-25-14-16-8-9-16/h1,4,6-7,12,16H,5,8-11,13-14H2,2H3,(H,23,24)(H2,20,21,22). The first-order chi connectivity index (χ1) is 12.2. The van der Waals surface area contributed by atoms with Gasteiger partial charge in [0.2, 0.25) is 5.91 Å². The van der Waals surface area contributed by atoms with Gasteiger partial charge in [0, 0.05) is 38.1 Å². The van der Waals surface area contributed by atoms with Crippen molar-refractivity contribution in [1.29, 1.82) is 0 Å². The summed E-state index contributed by atoms with van der Waals surface area (Å²) in [6.07, 6.45) is 8.87. The minimum Gasteiger partial charge on any atom is -0.381 e. The topological polar surface area (TPSA) is 74.8 Å². The van der Waals surface area contributed by atoms with Crippen LogP contribution in [0, 0.1) is 18.3 Å². The number of anilines is 1. The van der Waals surface area contributed by atoms with Gasteiger partial charge in [0.25, 0.3) is 0 Å². The summed E-state index contributed by atoms with van der Waals surface area (Å²) in [5.74, 6) is 3.76. The number of carbonyl (C=O) groups is 1. The molecule has 2 rings (SSSR count). The maximum absolute atomic E-state index is 12.0. The molecule has 0 radical (unpaired) electrons. The molecule has 0 spiro atoms. The van der Waals surface area contributed by atoms with E-state index in [9.17, 15) is 4.79 Å². The van der Waals surface area contributed by atoms with Crippen molar-refractivity contribution >= 4 is 17.6 Å². The number of nitrogens with zero attached hydrogens (tertiary/aromatic N) is 1. The predicted octanol–water partition coefficient (Wildman–Crippen LogP) is 1.59. The van der Waals surface area contributed by atoms with Crippen LogP contribution < -0.4 is 16.0 Å². The molecule has 1 aromatic carbocycles. The number of benzene rings is 1. The number of hydrogen-bond donors (Lipinski definition) is 3. The van der Waals surface area contributed by atoms with Gasteiger partial charge in [0.1, 0.15) is 0 Å². The normalized spacial score (nSPS) is 13.8. The third-order valence-electron chi connectivity index (χ3n) is 3.76. The minimum absolute atomic E-state index is 0.123. The van der Waals surface area contributed by atoms with Crippen LogP contribution in [-0.4, -0.2) is 45.2 Å². The number of ether oxygens (including phenoxy) is 1. The number of terminal acetylenes is 1. The van der Waals surface area contributed by atoms with Gasteiger partial charge in [0.15, 0.2) is 5.96 Å². The molecule has 6 heteroatoms. The number of guanidine groups is 1. The van der Waals surface area contributed by atoms with Crippen LogP contribution in [0.4, 0.5) is 5.69 Å². The zero-order chi connectivity index (χ0) is 17.9. The number of aliphatic imine (C=N–C) groups is 1. The number of hydrogen-bond acceptors (Lipinski definition) is 3. The van der Waals surface area contributed by atoms with E-state index in [1.165, 1.54) is 12.8 Å². The SMILES string of the molecule is C#Cc1cccc(NC(=O)CNC(=NC)NCCCOCC2CC2)c1. The summed E-state index contributed by atoms with van der Waals surface area (Å²) >= 11 is 0. The third-order valence-corrected chi connectivity index (χ3v) is 3.76. The fourth-order valence-corrected chi connectivity index (χ4v) is 2.19. The molecule has 0 saturated heterocycles. The monoisotopic (exact) mass is 342 g/mol. The van der Waals surface area contributed by atoms with E-state index < -0.39 is 0 Å². The quantitative estimate of drug-likeness (QED) is 0.276. The molecule has 1 fully saturated rings. The fraction of sp³-hybridized carbons (Fsp3) is 0.474. The van der Waals surface area contributed by atoms with E-state index in [-0.39, 0.29) is 12.5 Å². The maximum atomic E-state index is 12.0. The molecule has 3 N–H and O–H groups in total. The lowest BCUT2D eigenvalue weighted by Crippen LogP contribution is -2.41. The van der Waals surface area contributed by atoms with Crippen molar-refractivity contribution in [3.8, 4) is 12.3 Å². The van der Waals surface area contributed by atoms with Gasteiger partial charge >= 0.3 is 0 Å². The Kier molecular flexibility index (Phi) is 7.80. The van der Waals surface area contributed by atoms with Gasteiger partial charge < -0.3 is 20.7 Å². The Hall–Kier alpha value is -2.52. The van der Waals surface area contributed by atoms with Gasteiger partial charge in [-0.3, -0.25) is 9.79 Å². The molecule has 6 nitrogen and oxygen atoms in total. The van der Waals surface area contributed by atoms with Crippen LogP contribution in [0.3, 0.4) is 0 Å². The molecule has 1 aliphatic rings. The molecular weight excluding hydrogens is 316 g/mol. The van der Waals surface area contributed by atoms with Crippen LogP contribution in [0.1, 0.15) is 24.8 Å². The van der Waals surface area contributed by atoms with E-state index in [0.29, 0.717) is 11.6 Å². The van der Waals surface area contributed by atoms with Gasteiger partial charge in [0.05, 0.1) is 6.54 Å². The molecule has 25 heavy (non-hydrogen) atoms.